The van der Waals surface area contributed by atoms with Gasteiger partial charge in [-0.05, 0) is 69.5 Å². The van der Waals surface area contributed by atoms with E-state index in [1.165, 1.54) is 0 Å². The molecule has 0 aliphatic carbocycles. The molecule has 0 unspecified atom stereocenters. The summed E-state index contributed by atoms with van der Waals surface area (Å²) in [6.45, 7) is 8.65. The summed E-state index contributed by atoms with van der Waals surface area (Å²) >= 11 is 0. The normalized spacial score (nSPS) is 13.6. The van der Waals surface area contributed by atoms with Crippen LogP contribution in [0.2, 0.25) is 0 Å². The number of nitrogens with zero attached hydrogens (tertiary/aromatic N) is 2. The standard InChI is InChI=1S/C28H34N2O4/c1-9-34-27(31)25-24(18-11-10-12-20(13-18)29(5)6)17(2)30-26(25)21-15-23(33-8)22(32-7)14-19(21)16-28(30,3)4/h10-15H,9,16H2,1-8H3. The number of carbonyl (C=O) groups excluding carboxylic acids is 1. The molecule has 6 nitrogen and oxygen atoms in total. The molecule has 0 N–H and O–H groups in total. The summed E-state index contributed by atoms with van der Waals surface area (Å²) in [6.07, 6.45) is 0.796. The molecule has 1 aliphatic heterocycles. The highest BCUT2D eigenvalue weighted by Gasteiger charge is 2.39. The van der Waals surface area contributed by atoms with E-state index in [1.54, 1.807) is 14.2 Å². The van der Waals surface area contributed by atoms with E-state index in [9.17, 15) is 4.79 Å². The number of ether oxygens (including phenoxy) is 3. The highest BCUT2D eigenvalue weighted by atomic mass is 16.5. The molecule has 0 spiro atoms. The predicted octanol–water partition coefficient (Wildman–Crippen LogP) is 5.68. The van der Waals surface area contributed by atoms with E-state index in [1.807, 2.05) is 39.2 Å². The van der Waals surface area contributed by atoms with E-state index >= 15 is 0 Å². The van der Waals surface area contributed by atoms with Crippen molar-refractivity contribution in [2.75, 3.05) is 39.8 Å². The summed E-state index contributed by atoms with van der Waals surface area (Å²) in [7, 11) is 7.31. The fourth-order valence-corrected chi connectivity index (χ4v) is 5.23. The molecule has 0 saturated carbocycles. The van der Waals surface area contributed by atoms with E-state index in [0.717, 1.165) is 45.7 Å². The number of hydrogen-bond acceptors (Lipinski definition) is 5. The van der Waals surface area contributed by atoms with Crippen LogP contribution in [-0.2, 0) is 16.7 Å². The molecule has 1 aromatic heterocycles. The number of benzene rings is 2. The number of methoxy groups -OCH3 is 2. The average molecular weight is 463 g/mol. The first-order valence-corrected chi connectivity index (χ1v) is 11.6. The quantitative estimate of drug-likeness (QED) is 0.441. The Labute approximate surface area is 202 Å². The molecule has 34 heavy (non-hydrogen) atoms. The van der Waals surface area contributed by atoms with Crippen molar-refractivity contribution in [3.8, 4) is 33.9 Å². The minimum Gasteiger partial charge on any atom is -0.493 e. The number of rotatable bonds is 6. The first-order chi connectivity index (χ1) is 16.1. The summed E-state index contributed by atoms with van der Waals surface area (Å²) in [5.74, 6) is 1.01. The highest BCUT2D eigenvalue weighted by molar-refractivity contribution is 6.06. The third kappa shape index (κ3) is 3.71. The molecule has 0 bridgehead atoms. The SMILES string of the molecule is CCOC(=O)c1c(-c2cccc(N(C)C)c2)c(C)n2c1-c1cc(OC)c(OC)cc1CC2(C)C. The molecule has 180 valence electrons. The van der Waals surface area contributed by atoms with E-state index in [-0.39, 0.29) is 11.5 Å². The molecule has 6 heteroatoms. The van der Waals surface area contributed by atoms with Crippen LogP contribution < -0.4 is 14.4 Å². The lowest BCUT2D eigenvalue weighted by Gasteiger charge is -2.37. The summed E-state index contributed by atoms with van der Waals surface area (Å²) in [4.78, 5) is 15.6. The van der Waals surface area contributed by atoms with Crippen molar-refractivity contribution in [1.29, 1.82) is 0 Å². The Morgan fingerprint density at radius 3 is 2.38 bits per heavy atom. The van der Waals surface area contributed by atoms with Crippen LogP contribution in [0.25, 0.3) is 22.4 Å². The van der Waals surface area contributed by atoms with E-state index in [0.29, 0.717) is 23.7 Å². The number of esters is 1. The van der Waals surface area contributed by atoms with Gasteiger partial charge in [0.15, 0.2) is 11.5 Å². The third-order valence-corrected chi connectivity index (χ3v) is 6.63. The van der Waals surface area contributed by atoms with Gasteiger partial charge < -0.3 is 23.7 Å². The summed E-state index contributed by atoms with van der Waals surface area (Å²) < 4.78 is 19.1. The number of hydrogen-bond donors (Lipinski definition) is 0. The van der Waals surface area contributed by atoms with Crippen molar-refractivity contribution in [3.05, 3.63) is 53.2 Å². The van der Waals surface area contributed by atoms with Gasteiger partial charge in [0.05, 0.1) is 32.1 Å². The lowest BCUT2D eigenvalue weighted by atomic mass is 9.85. The minimum atomic E-state index is -0.317. The smallest absolute Gasteiger partial charge is 0.340 e. The van der Waals surface area contributed by atoms with Gasteiger partial charge in [-0.25, -0.2) is 4.79 Å². The molecule has 2 heterocycles. The van der Waals surface area contributed by atoms with Crippen LogP contribution in [0, 0.1) is 6.92 Å². The molecular weight excluding hydrogens is 428 g/mol. The maximum atomic E-state index is 13.5. The lowest BCUT2D eigenvalue weighted by molar-refractivity contribution is 0.0528. The van der Waals surface area contributed by atoms with Gasteiger partial charge in [0.25, 0.3) is 0 Å². The van der Waals surface area contributed by atoms with Gasteiger partial charge in [0.1, 0.15) is 0 Å². The van der Waals surface area contributed by atoms with Crippen molar-refractivity contribution >= 4 is 11.7 Å². The van der Waals surface area contributed by atoms with Crippen molar-refractivity contribution in [3.63, 3.8) is 0 Å². The van der Waals surface area contributed by atoms with Gasteiger partial charge in [0, 0.05) is 42.1 Å². The topological polar surface area (TPSA) is 52.9 Å². The Hall–Kier alpha value is -3.41. The molecule has 0 atom stereocenters. The maximum absolute atomic E-state index is 13.5. The van der Waals surface area contributed by atoms with Crippen LogP contribution in [0.5, 0.6) is 11.5 Å². The fraction of sp³-hybridized carbons (Fsp3) is 0.393. The van der Waals surface area contributed by atoms with Gasteiger partial charge in [-0.1, -0.05) is 12.1 Å². The monoisotopic (exact) mass is 462 g/mol. The van der Waals surface area contributed by atoms with E-state index in [2.05, 4.69) is 48.4 Å². The minimum absolute atomic E-state index is 0.259. The Bertz CT molecular complexity index is 1250. The Morgan fingerprint density at radius 2 is 1.76 bits per heavy atom. The second-order valence-corrected chi connectivity index (χ2v) is 9.54. The van der Waals surface area contributed by atoms with Crippen molar-refractivity contribution < 1.29 is 19.0 Å². The Balaban J connectivity index is 2.12. The predicted molar refractivity (Wildman–Crippen MR) is 136 cm³/mol. The van der Waals surface area contributed by atoms with Gasteiger partial charge in [0.2, 0.25) is 0 Å². The lowest BCUT2D eigenvalue weighted by Crippen LogP contribution is -2.34. The first-order valence-electron chi connectivity index (χ1n) is 11.6. The van der Waals surface area contributed by atoms with Crippen molar-refractivity contribution in [2.24, 2.45) is 0 Å². The van der Waals surface area contributed by atoms with Crippen molar-refractivity contribution in [2.45, 2.75) is 39.7 Å². The van der Waals surface area contributed by atoms with Gasteiger partial charge in [-0.2, -0.15) is 0 Å². The second kappa shape index (κ2) is 8.75. The molecular formula is C28H34N2O4. The highest BCUT2D eigenvalue weighted by Crippen LogP contribution is 2.49. The molecule has 1 aliphatic rings. The van der Waals surface area contributed by atoms with Gasteiger partial charge in [-0.15, -0.1) is 0 Å². The molecule has 0 saturated heterocycles. The average Bonchev–Trinajstić information content (AvgIpc) is 3.12. The number of anilines is 1. The molecule has 4 rings (SSSR count). The summed E-state index contributed by atoms with van der Waals surface area (Å²) in [6, 6.07) is 12.3. The van der Waals surface area contributed by atoms with Crippen molar-refractivity contribution in [1.82, 2.24) is 4.57 Å². The first kappa shape index (κ1) is 23.7. The summed E-state index contributed by atoms with van der Waals surface area (Å²) in [5, 5.41) is 0. The second-order valence-electron chi connectivity index (χ2n) is 9.54. The number of fused-ring (bicyclic) bond motifs is 3. The Morgan fingerprint density at radius 1 is 1.09 bits per heavy atom. The van der Waals surface area contributed by atoms with Crippen LogP contribution in [0.3, 0.4) is 0 Å². The van der Waals surface area contributed by atoms with Crippen LogP contribution >= 0.6 is 0 Å². The Kier molecular flexibility index (Phi) is 6.11. The largest absolute Gasteiger partial charge is 0.493 e. The fourth-order valence-electron chi connectivity index (χ4n) is 5.23. The van der Waals surface area contributed by atoms with Gasteiger partial charge >= 0.3 is 5.97 Å². The molecule has 0 radical (unpaired) electrons. The van der Waals surface area contributed by atoms with Crippen LogP contribution in [0.15, 0.2) is 36.4 Å². The van der Waals surface area contributed by atoms with Crippen LogP contribution in [0.4, 0.5) is 5.69 Å². The molecule has 0 amide bonds. The zero-order valence-corrected chi connectivity index (χ0v) is 21.4. The zero-order chi connectivity index (χ0) is 24.8. The van der Waals surface area contributed by atoms with E-state index in [4.69, 9.17) is 14.2 Å². The zero-order valence-electron chi connectivity index (χ0n) is 21.4. The molecule has 0 fully saturated rings. The maximum Gasteiger partial charge on any atom is 0.340 e. The number of aromatic nitrogens is 1. The molecule has 3 aromatic rings. The van der Waals surface area contributed by atoms with Gasteiger partial charge in [-0.3, -0.25) is 0 Å². The number of carbonyl (C=O) groups is 1. The van der Waals surface area contributed by atoms with E-state index < -0.39 is 0 Å². The van der Waals surface area contributed by atoms with Crippen LogP contribution in [0.1, 0.15) is 42.4 Å². The summed E-state index contributed by atoms with van der Waals surface area (Å²) in [5.41, 5.74) is 7.31. The third-order valence-electron chi connectivity index (χ3n) is 6.63. The van der Waals surface area contributed by atoms with Crippen LogP contribution in [-0.4, -0.2) is 45.5 Å². The molecule has 2 aromatic carbocycles.